The molecule has 1 saturated carbocycles. The van der Waals surface area contributed by atoms with Crippen LogP contribution in [0.1, 0.15) is 31.2 Å². The smallest absolute Gasteiger partial charge is 0.0730 e. The van der Waals surface area contributed by atoms with Crippen molar-refractivity contribution in [3.63, 3.8) is 0 Å². The molecule has 1 aromatic rings. The summed E-state index contributed by atoms with van der Waals surface area (Å²) in [6.07, 6.45) is 6.50. The summed E-state index contributed by atoms with van der Waals surface area (Å²) in [4.78, 5) is 0. The van der Waals surface area contributed by atoms with Crippen LogP contribution in [0.2, 0.25) is 0 Å². The first-order valence-corrected chi connectivity index (χ1v) is 6.85. The van der Waals surface area contributed by atoms with Gasteiger partial charge >= 0.3 is 0 Å². The fraction of sp³-hybridized carbons (Fsp3) is 0.636. The van der Waals surface area contributed by atoms with Crippen LogP contribution in [0.25, 0.3) is 0 Å². The first-order valence-electron chi connectivity index (χ1n) is 5.18. The maximum atomic E-state index is 5.92. The Balaban J connectivity index is 2.12. The van der Waals surface area contributed by atoms with Gasteiger partial charge in [0.2, 0.25) is 0 Å². The minimum atomic E-state index is 0.406. The Bertz CT molecular complexity index is 302. The van der Waals surface area contributed by atoms with Crippen molar-refractivity contribution in [1.29, 1.82) is 0 Å². The molecular weight excluding hydrogens is 258 g/mol. The Morgan fingerprint density at radius 3 is 2.64 bits per heavy atom. The first kappa shape index (κ1) is 10.7. The number of thiophene rings is 1. The van der Waals surface area contributed by atoms with Crippen LogP contribution in [-0.4, -0.2) is 6.54 Å². The topological polar surface area (TPSA) is 26.0 Å². The molecule has 0 atom stereocenters. The van der Waals surface area contributed by atoms with E-state index in [-0.39, 0.29) is 0 Å². The predicted molar refractivity (Wildman–Crippen MR) is 65.7 cm³/mol. The summed E-state index contributed by atoms with van der Waals surface area (Å²) < 4.78 is 1.29. The number of hydrogen-bond acceptors (Lipinski definition) is 2. The van der Waals surface area contributed by atoms with Crippen molar-refractivity contribution in [1.82, 2.24) is 0 Å². The van der Waals surface area contributed by atoms with Crippen molar-refractivity contribution in [3.8, 4) is 0 Å². The molecule has 14 heavy (non-hydrogen) atoms. The van der Waals surface area contributed by atoms with Crippen LogP contribution in [0.5, 0.6) is 0 Å². The third-order valence-corrected chi connectivity index (χ3v) is 5.17. The van der Waals surface area contributed by atoms with Crippen LogP contribution in [0, 0.1) is 5.41 Å². The van der Waals surface area contributed by atoms with Crippen LogP contribution >= 0.6 is 27.3 Å². The van der Waals surface area contributed by atoms with Gasteiger partial charge in [0, 0.05) is 0 Å². The standard InChI is InChI=1S/C11H16BrNS/c12-10-9(3-6-14-10)7-11(8-13)4-1-2-5-11/h3,6H,1-2,4-5,7-8,13H2. The van der Waals surface area contributed by atoms with Gasteiger partial charge in [0.1, 0.15) is 0 Å². The highest BCUT2D eigenvalue weighted by Crippen LogP contribution is 2.41. The lowest BCUT2D eigenvalue weighted by Crippen LogP contribution is -2.29. The Labute approximate surface area is 97.8 Å². The summed E-state index contributed by atoms with van der Waals surface area (Å²) in [7, 11) is 0. The van der Waals surface area contributed by atoms with E-state index in [1.807, 2.05) is 0 Å². The summed E-state index contributed by atoms with van der Waals surface area (Å²) in [6.45, 7) is 0.843. The van der Waals surface area contributed by atoms with Gasteiger partial charge in [-0.25, -0.2) is 0 Å². The van der Waals surface area contributed by atoms with Crippen molar-refractivity contribution in [3.05, 3.63) is 20.8 Å². The fourth-order valence-corrected chi connectivity index (χ4v) is 3.67. The second kappa shape index (κ2) is 4.33. The number of rotatable bonds is 3. The largest absolute Gasteiger partial charge is 0.330 e. The van der Waals surface area contributed by atoms with Gasteiger partial charge < -0.3 is 5.73 Å². The lowest BCUT2D eigenvalue weighted by molar-refractivity contribution is 0.306. The molecule has 0 aromatic carbocycles. The summed E-state index contributed by atoms with van der Waals surface area (Å²) in [6, 6.07) is 2.23. The SMILES string of the molecule is NCC1(Cc2ccsc2Br)CCCC1. The lowest BCUT2D eigenvalue weighted by atomic mass is 9.81. The monoisotopic (exact) mass is 273 g/mol. The number of hydrogen-bond donors (Lipinski definition) is 1. The molecule has 1 heterocycles. The van der Waals surface area contributed by atoms with Gasteiger partial charge in [-0.2, -0.15) is 0 Å². The van der Waals surface area contributed by atoms with E-state index in [4.69, 9.17) is 5.73 Å². The maximum Gasteiger partial charge on any atom is 0.0730 e. The zero-order valence-electron chi connectivity index (χ0n) is 8.26. The lowest BCUT2D eigenvalue weighted by Gasteiger charge is -2.26. The molecule has 3 heteroatoms. The third-order valence-electron chi connectivity index (χ3n) is 3.36. The Morgan fingerprint density at radius 1 is 1.43 bits per heavy atom. The van der Waals surface area contributed by atoms with Crippen LogP contribution in [0.15, 0.2) is 15.2 Å². The average Bonchev–Trinajstić information content (AvgIpc) is 2.79. The molecule has 0 aliphatic heterocycles. The van der Waals surface area contributed by atoms with Gasteiger partial charge in [0.25, 0.3) is 0 Å². The summed E-state index contributed by atoms with van der Waals surface area (Å²) in [5.41, 5.74) is 7.78. The quantitative estimate of drug-likeness (QED) is 0.895. The molecule has 0 saturated heterocycles. The Kier molecular flexibility index (Phi) is 3.30. The van der Waals surface area contributed by atoms with Gasteiger partial charge in [0.05, 0.1) is 3.79 Å². The molecule has 0 radical (unpaired) electrons. The minimum absolute atomic E-state index is 0.406. The van der Waals surface area contributed by atoms with Crippen molar-refractivity contribution in [2.75, 3.05) is 6.54 Å². The predicted octanol–water partition coefficient (Wildman–Crippen LogP) is 3.57. The third kappa shape index (κ3) is 2.05. The average molecular weight is 274 g/mol. The molecule has 1 aliphatic rings. The molecule has 2 rings (SSSR count). The summed E-state index contributed by atoms with van der Waals surface area (Å²) >= 11 is 5.38. The zero-order valence-corrected chi connectivity index (χ0v) is 10.7. The molecule has 2 N–H and O–H groups in total. The molecule has 0 unspecified atom stereocenters. The van der Waals surface area contributed by atoms with E-state index in [0.29, 0.717) is 5.41 Å². The van der Waals surface area contributed by atoms with E-state index >= 15 is 0 Å². The van der Waals surface area contributed by atoms with Crippen molar-refractivity contribution in [2.45, 2.75) is 32.1 Å². The van der Waals surface area contributed by atoms with Gasteiger partial charge in [-0.3, -0.25) is 0 Å². The van der Waals surface area contributed by atoms with E-state index in [0.717, 1.165) is 13.0 Å². The normalized spacial score (nSPS) is 20.1. The molecule has 78 valence electrons. The van der Waals surface area contributed by atoms with E-state index in [9.17, 15) is 0 Å². The van der Waals surface area contributed by atoms with Crippen LogP contribution in [0.4, 0.5) is 0 Å². The van der Waals surface area contributed by atoms with Crippen molar-refractivity contribution in [2.24, 2.45) is 11.1 Å². The highest BCUT2D eigenvalue weighted by molar-refractivity contribution is 9.11. The van der Waals surface area contributed by atoms with Crippen molar-refractivity contribution < 1.29 is 0 Å². The highest BCUT2D eigenvalue weighted by atomic mass is 79.9. The second-order valence-corrected chi connectivity index (χ2v) is 6.54. The first-order chi connectivity index (χ1) is 6.76. The summed E-state index contributed by atoms with van der Waals surface area (Å²) in [5, 5.41) is 2.15. The zero-order chi connectivity index (χ0) is 10.0. The van der Waals surface area contributed by atoms with E-state index in [1.165, 1.54) is 35.0 Å². The van der Waals surface area contributed by atoms with Gasteiger partial charge in [-0.15, -0.1) is 11.3 Å². The van der Waals surface area contributed by atoms with Gasteiger partial charge in [0.15, 0.2) is 0 Å². The molecule has 0 amide bonds. The van der Waals surface area contributed by atoms with Gasteiger partial charge in [-0.05, 0) is 64.2 Å². The molecule has 0 spiro atoms. The van der Waals surface area contributed by atoms with Gasteiger partial charge in [-0.1, -0.05) is 12.8 Å². The summed E-state index contributed by atoms with van der Waals surface area (Å²) in [5.74, 6) is 0. The van der Waals surface area contributed by atoms with Crippen LogP contribution in [-0.2, 0) is 6.42 Å². The van der Waals surface area contributed by atoms with E-state index in [2.05, 4.69) is 27.4 Å². The van der Waals surface area contributed by atoms with Crippen LogP contribution < -0.4 is 5.73 Å². The molecule has 1 nitrogen and oxygen atoms in total. The Hall–Kier alpha value is 0.140. The minimum Gasteiger partial charge on any atom is -0.330 e. The fourth-order valence-electron chi connectivity index (χ4n) is 2.43. The molecule has 1 aromatic heterocycles. The Morgan fingerprint density at radius 2 is 2.14 bits per heavy atom. The maximum absolute atomic E-state index is 5.92. The van der Waals surface area contributed by atoms with Crippen molar-refractivity contribution >= 4 is 27.3 Å². The molecule has 1 fully saturated rings. The highest BCUT2D eigenvalue weighted by Gasteiger charge is 2.33. The van der Waals surface area contributed by atoms with E-state index < -0.39 is 0 Å². The molecular formula is C11H16BrNS. The van der Waals surface area contributed by atoms with E-state index in [1.54, 1.807) is 11.3 Å². The number of nitrogens with two attached hydrogens (primary N) is 1. The molecule has 1 aliphatic carbocycles. The number of halogens is 1. The molecule has 0 bridgehead atoms. The van der Waals surface area contributed by atoms with Crippen LogP contribution in [0.3, 0.4) is 0 Å². The second-order valence-electron chi connectivity index (χ2n) is 4.31.